The van der Waals surface area contributed by atoms with Crippen molar-refractivity contribution in [2.45, 2.75) is 64.0 Å². The number of halogens is 1. The molecule has 1 saturated carbocycles. The molecule has 3 unspecified atom stereocenters. The Kier molecular flexibility index (Phi) is 7.23. The molecule has 2 amide bonds. The highest BCUT2D eigenvalue weighted by atomic mass is 32.2. The van der Waals surface area contributed by atoms with E-state index in [0.29, 0.717) is 30.3 Å². The van der Waals surface area contributed by atoms with Crippen LogP contribution in [-0.2, 0) is 15.3 Å². The number of hydrogen-bond acceptors (Lipinski definition) is 6. The van der Waals surface area contributed by atoms with E-state index >= 15 is 0 Å². The summed E-state index contributed by atoms with van der Waals surface area (Å²) in [6, 6.07) is 6.87. The lowest BCUT2D eigenvalue weighted by Gasteiger charge is -2.50. The van der Waals surface area contributed by atoms with Crippen LogP contribution >= 0.6 is 11.8 Å². The van der Waals surface area contributed by atoms with E-state index < -0.39 is 0 Å². The second kappa shape index (κ2) is 10.1. The van der Waals surface area contributed by atoms with Crippen molar-refractivity contribution in [3.8, 4) is 0 Å². The molecule has 7 nitrogen and oxygen atoms in total. The van der Waals surface area contributed by atoms with Gasteiger partial charge >= 0.3 is 0 Å². The van der Waals surface area contributed by atoms with Crippen LogP contribution in [0.1, 0.15) is 51.5 Å². The molecule has 0 radical (unpaired) electrons. The van der Waals surface area contributed by atoms with E-state index in [-0.39, 0.29) is 42.3 Å². The third kappa shape index (κ3) is 4.87. The Morgan fingerprint density at radius 3 is 2.88 bits per heavy atom. The predicted octanol–water partition coefficient (Wildman–Crippen LogP) is 3.08. The fourth-order valence-corrected chi connectivity index (χ4v) is 5.69. The van der Waals surface area contributed by atoms with Crippen molar-refractivity contribution in [3.05, 3.63) is 35.6 Å². The van der Waals surface area contributed by atoms with E-state index in [1.54, 1.807) is 17.0 Å². The summed E-state index contributed by atoms with van der Waals surface area (Å²) in [4.78, 5) is 29.6. The fourth-order valence-electron chi connectivity index (χ4n) is 4.67. The Morgan fingerprint density at radius 2 is 2.09 bits per heavy atom. The van der Waals surface area contributed by atoms with Crippen molar-refractivity contribution < 1.29 is 14.0 Å². The molecule has 1 aromatic carbocycles. The van der Waals surface area contributed by atoms with Crippen molar-refractivity contribution >= 4 is 28.7 Å². The first kappa shape index (κ1) is 22.9. The summed E-state index contributed by atoms with van der Waals surface area (Å²) in [6.07, 6.45) is 3.80. The first-order valence-electron chi connectivity index (χ1n) is 11.5. The third-order valence-electron chi connectivity index (χ3n) is 6.34. The van der Waals surface area contributed by atoms with Crippen molar-refractivity contribution in [2.75, 3.05) is 13.1 Å². The highest BCUT2D eigenvalue weighted by Crippen LogP contribution is 2.39. The molecule has 1 aromatic rings. The Morgan fingerprint density at radius 1 is 1.31 bits per heavy atom. The second-order valence-corrected chi connectivity index (χ2v) is 10.1. The molecule has 1 aliphatic carbocycles. The molecule has 32 heavy (non-hydrogen) atoms. The largest absolute Gasteiger partial charge is 0.356 e. The standard InChI is InChI=1S/C23H32FN5O2S/c1-15(2)13-25-20(30)11-12-28-21(31)17-8-4-6-10-19(17)29-22(28)26-27-23(29)32-14-16-7-3-5-9-18(16)24/h3,5,7,9,15,17,19,22,26H,4,6,8,10-14H2,1-2H3,(H,25,30). The molecular weight excluding hydrogens is 429 g/mol. The molecule has 2 heterocycles. The van der Waals surface area contributed by atoms with E-state index in [1.807, 2.05) is 6.07 Å². The Labute approximate surface area is 193 Å². The number of fused-ring (bicyclic) bond motifs is 3. The minimum Gasteiger partial charge on any atom is -0.356 e. The summed E-state index contributed by atoms with van der Waals surface area (Å²) >= 11 is 1.49. The zero-order valence-electron chi connectivity index (χ0n) is 18.7. The van der Waals surface area contributed by atoms with E-state index in [2.05, 4.69) is 34.6 Å². The minimum absolute atomic E-state index is 0.0446. The fraction of sp³-hybridized carbons (Fsp3) is 0.609. The van der Waals surface area contributed by atoms with Gasteiger partial charge in [-0.2, -0.15) is 5.10 Å². The van der Waals surface area contributed by atoms with E-state index in [0.717, 1.165) is 30.9 Å². The highest BCUT2D eigenvalue weighted by molar-refractivity contribution is 8.13. The van der Waals surface area contributed by atoms with Crippen LogP contribution in [0.3, 0.4) is 0 Å². The lowest BCUT2D eigenvalue weighted by atomic mass is 9.81. The molecule has 174 valence electrons. The van der Waals surface area contributed by atoms with Gasteiger partial charge in [-0.15, -0.1) is 0 Å². The molecule has 3 atom stereocenters. The van der Waals surface area contributed by atoms with Gasteiger partial charge in [-0.3, -0.25) is 15.0 Å². The van der Waals surface area contributed by atoms with Crippen LogP contribution in [0.15, 0.2) is 29.4 Å². The van der Waals surface area contributed by atoms with Gasteiger partial charge in [-0.1, -0.05) is 56.7 Å². The maximum Gasteiger partial charge on any atom is 0.230 e. The molecule has 0 aromatic heterocycles. The van der Waals surface area contributed by atoms with Crippen molar-refractivity contribution in [1.82, 2.24) is 20.5 Å². The van der Waals surface area contributed by atoms with E-state index in [1.165, 1.54) is 17.8 Å². The van der Waals surface area contributed by atoms with Gasteiger partial charge in [-0.05, 0) is 30.4 Å². The molecule has 2 N–H and O–H groups in total. The summed E-state index contributed by atoms with van der Waals surface area (Å²) < 4.78 is 14.1. The number of rotatable bonds is 7. The molecule has 3 aliphatic rings. The zero-order valence-corrected chi connectivity index (χ0v) is 19.5. The lowest BCUT2D eigenvalue weighted by Crippen LogP contribution is -2.67. The summed E-state index contributed by atoms with van der Waals surface area (Å²) in [5.41, 5.74) is 3.75. The number of thioether (sulfide) groups is 1. The molecule has 2 fully saturated rings. The summed E-state index contributed by atoms with van der Waals surface area (Å²) in [7, 11) is 0. The van der Waals surface area contributed by atoms with Gasteiger partial charge in [-0.25, -0.2) is 4.39 Å². The third-order valence-corrected chi connectivity index (χ3v) is 7.36. The van der Waals surface area contributed by atoms with Crippen LogP contribution in [-0.4, -0.2) is 52.2 Å². The van der Waals surface area contributed by atoms with Crippen LogP contribution in [0.2, 0.25) is 0 Å². The maximum atomic E-state index is 14.1. The van der Waals surface area contributed by atoms with Crippen molar-refractivity contribution in [1.29, 1.82) is 0 Å². The topological polar surface area (TPSA) is 77.0 Å². The summed E-state index contributed by atoms with van der Waals surface area (Å²) in [5.74, 6) is 0.610. The second-order valence-electron chi connectivity index (χ2n) is 9.12. The normalized spacial score (nSPS) is 24.7. The Balaban J connectivity index is 1.46. The van der Waals surface area contributed by atoms with Gasteiger partial charge in [0, 0.05) is 31.3 Å². The van der Waals surface area contributed by atoms with Crippen LogP contribution in [0.5, 0.6) is 0 Å². The maximum absolute atomic E-state index is 14.1. The molecule has 0 spiro atoms. The van der Waals surface area contributed by atoms with Gasteiger partial charge in [0.05, 0.1) is 5.92 Å². The number of benzene rings is 1. The van der Waals surface area contributed by atoms with Crippen LogP contribution in [0.4, 0.5) is 4.39 Å². The van der Waals surface area contributed by atoms with Crippen molar-refractivity contribution in [3.63, 3.8) is 0 Å². The molecule has 2 aliphatic heterocycles. The highest BCUT2D eigenvalue weighted by Gasteiger charge is 2.50. The lowest BCUT2D eigenvalue weighted by molar-refractivity contribution is -0.155. The molecule has 0 bridgehead atoms. The number of carbonyl (C=O) groups excluding carboxylic acids is 2. The molecule has 1 saturated heterocycles. The Hall–Kier alpha value is -2.29. The number of hydrazone groups is 1. The number of hydrogen-bond donors (Lipinski definition) is 2. The number of nitrogens with zero attached hydrogens (tertiary/aromatic N) is 3. The van der Waals surface area contributed by atoms with Gasteiger partial charge in [0.25, 0.3) is 0 Å². The number of amidine groups is 1. The van der Waals surface area contributed by atoms with E-state index in [9.17, 15) is 14.0 Å². The van der Waals surface area contributed by atoms with Crippen molar-refractivity contribution in [2.24, 2.45) is 16.9 Å². The summed E-state index contributed by atoms with van der Waals surface area (Å²) in [5, 5.41) is 8.24. The first-order chi connectivity index (χ1) is 15.5. The van der Waals surface area contributed by atoms with E-state index in [4.69, 9.17) is 0 Å². The zero-order chi connectivity index (χ0) is 22.7. The monoisotopic (exact) mass is 461 g/mol. The molecule has 9 heteroatoms. The van der Waals surface area contributed by atoms with Crippen LogP contribution < -0.4 is 10.7 Å². The quantitative estimate of drug-likeness (QED) is 0.653. The SMILES string of the molecule is CC(C)CNC(=O)CCN1C(=O)C2CCCCC2N2C(SCc3ccccc3F)=NNC12. The minimum atomic E-state index is -0.386. The summed E-state index contributed by atoms with van der Waals surface area (Å²) in [6.45, 7) is 5.08. The Bertz CT molecular complexity index is 880. The molecular formula is C23H32FN5O2S. The predicted molar refractivity (Wildman–Crippen MR) is 124 cm³/mol. The first-order valence-corrected chi connectivity index (χ1v) is 12.5. The number of amides is 2. The van der Waals surface area contributed by atoms with Gasteiger partial charge in [0.1, 0.15) is 5.82 Å². The van der Waals surface area contributed by atoms with Gasteiger partial charge < -0.3 is 15.1 Å². The van der Waals surface area contributed by atoms with Crippen LogP contribution in [0.25, 0.3) is 0 Å². The number of nitrogens with one attached hydrogen (secondary N) is 2. The average molecular weight is 462 g/mol. The number of carbonyl (C=O) groups is 2. The smallest absolute Gasteiger partial charge is 0.230 e. The van der Waals surface area contributed by atoms with Crippen LogP contribution in [0, 0.1) is 17.7 Å². The van der Waals surface area contributed by atoms with Gasteiger partial charge in [0.15, 0.2) is 11.5 Å². The van der Waals surface area contributed by atoms with Gasteiger partial charge in [0.2, 0.25) is 11.8 Å². The molecule has 4 rings (SSSR count). The average Bonchev–Trinajstić information content (AvgIpc) is 3.21.